The summed E-state index contributed by atoms with van der Waals surface area (Å²) >= 11 is 0. The van der Waals surface area contributed by atoms with Gasteiger partial charge in [-0.1, -0.05) is 13.0 Å². The lowest BCUT2D eigenvalue weighted by Gasteiger charge is -2.20. The number of anilines is 2. The number of carbonyl (C=O) groups excluding carboxylic acids is 1. The van der Waals surface area contributed by atoms with E-state index in [4.69, 9.17) is 4.74 Å². The van der Waals surface area contributed by atoms with E-state index in [1.54, 1.807) is 16.9 Å². The van der Waals surface area contributed by atoms with Crippen LogP contribution in [-0.4, -0.2) is 40.1 Å². The quantitative estimate of drug-likeness (QED) is 0.324. The van der Waals surface area contributed by atoms with Crippen molar-refractivity contribution in [2.24, 2.45) is 0 Å². The maximum absolute atomic E-state index is 13.0. The fourth-order valence-corrected chi connectivity index (χ4v) is 3.92. The largest absolute Gasteiger partial charge is 0.491 e. The molecular formula is C28H33N5O2. The molecule has 1 N–H and O–H groups in total. The van der Waals surface area contributed by atoms with Gasteiger partial charge < -0.3 is 15.0 Å². The van der Waals surface area contributed by atoms with Crippen molar-refractivity contribution in [1.82, 2.24) is 15.0 Å². The zero-order valence-electron chi connectivity index (χ0n) is 21.1. The topological polar surface area (TPSA) is 72.3 Å². The van der Waals surface area contributed by atoms with Crippen LogP contribution in [0.2, 0.25) is 0 Å². The molecule has 0 aliphatic rings. The molecule has 7 nitrogen and oxygen atoms in total. The second kappa shape index (κ2) is 10.6. The number of rotatable bonds is 9. The van der Waals surface area contributed by atoms with Gasteiger partial charge in [0.25, 0.3) is 5.91 Å². The highest BCUT2D eigenvalue weighted by Crippen LogP contribution is 2.24. The molecule has 1 unspecified atom stereocenters. The minimum absolute atomic E-state index is 0.0917. The molecule has 7 heteroatoms. The molecule has 0 aliphatic carbocycles. The van der Waals surface area contributed by atoms with Gasteiger partial charge in [0.2, 0.25) is 0 Å². The Balaban J connectivity index is 1.55. The molecule has 4 aromatic rings. The molecule has 1 aromatic heterocycles. The van der Waals surface area contributed by atoms with Gasteiger partial charge >= 0.3 is 0 Å². The first-order valence-corrected chi connectivity index (χ1v) is 12.2. The number of benzene rings is 3. The van der Waals surface area contributed by atoms with Crippen molar-refractivity contribution in [1.29, 1.82) is 0 Å². The number of aromatic nitrogens is 3. The zero-order valence-corrected chi connectivity index (χ0v) is 21.1. The molecule has 1 heterocycles. The third-order valence-corrected chi connectivity index (χ3v) is 6.19. The Hall–Kier alpha value is -3.87. The van der Waals surface area contributed by atoms with Crippen LogP contribution in [0.15, 0.2) is 60.7 Å². The maximum Gasteiger partial charge on any atom is 0.255 e. The fourth-order valence-electron chi connectivity index (χ4n) is 3.92. The van der Waals surface area contributed by atoms with E-state index in [1.807, 2.05) is 50.2 Å². The molecule has 1 atom stereocenters. The predicted molar refractivity (Wildman–Crippen MR) is 142 cm³/mol. The lowest BCUT2D eigenvalue weighted by molar-refractivity contribution is 0.102. The fraction of sp³-hybridized carbons (Fsp3) is 0.321. The predicted octanol–water partition coefficient (Wildman–Crippen LogP) is 6.00. The summed E-state index contributed by atoms with van der Waals surface area (Å²) in [5.74, 6) is 0.496. The van der Waals surface area contributed by atoms with Crippen LogP contribution >= 0.6 is 0 Å². The molecule has 0 fully saturated rings. The molecule has 0 bridgehead atoms. The number of ether oxygens (including phenoxy) is 1. The minimum Gasteiger partial charge on any atom is -0.491 e. The van der Waals surface area contributed by atoms with Gasteiger partial charge in [0.1, 0.15) is 16.8 Å². The highest BCUT2D eigenvalue weighted by Gasteiger charge is 2.13. The van der Waals surface area contributed by atoms with Crippen molar-refractivity contribution in [2.75, 3.05) is 23.3 Å². The molecule has 0 saturated carbocycles. The molecule has 4 rings (SSSR count). The Labute approximate surface area is 206 Å². The minimum atomic E-state index is -0.193. The third-order valence-electron chi connectivity index (χ3n) is 6.19. The molecule has 0 spiro atoms. The van der Waals surface area contributed by atoms with E-state index in [-0.39, 0.29) is 12.0 Å². The van der Waals surface area contributed by atoms with E-state index in [2.05, 4.69) is 53.3 Å². The highest BCUT2D eigenvalue weighted by atomic mass is 16.5. The number of fused-ring (bicyclic) bond motifs is 1. The van der Waals surface area contributed by atoms with Crippen LogP contribution in [0, 0.1) is 6.92 Å². The van der Waals surface area contributed by atoms with Gasteiger partial charge in [-0.25, -0.2) is 0 Å². The first-order valence-electron chi connectivity index (χ1n) is 12.2. The lowest BCUT2D eigenvalue weighted by Crippen LogP contribution is -2.21. The van der Waals surface area contributed by atoms with Crippen LogP contribution in [-0.2, 0) is 0 Å². The Kier molecular flexibility index (Phi) is 7.34. The van der Waals surface area contributed by atoms with E-state index in [9.17, 15) is 4.79 Å². The van der Waals surface area contributed by atoms with Crippen LogP contribution in [0.3, 0.4) is 0 Å². The number of aryl methyl sites for hydroxylation is 1. The van der Waals surface area contributed by atoms with Crippen molar-refractivity contribution < 1.29 is 9.53 Å². The van der Waals surface area contributed by atoms with Crippen LogP contribution in [0.1, 0.15) is 50.0 Å². The molecule has 35 heavy (non-hydrogen) atoms. The van der Waals surface area contributed by atoms with Gasteiger partial charge in [0, 0.05) is 30.0 Å². The molecule has 182 valence electrons. The summed E-state index contributed by atoms with van der Waals surface area (Å²) in [7, 11) is 0. The van der Waals surface area contributed by atoms with Gasteiger partial charge in [0.05, 0.1) is 11.8 Å². The van der Waals surface area contributed by atoms with Crippen LogP contribution in [0.25, 0.3) is 16.7 Å². The molecule has 0 radical (unpaired) electrons. The first-order chi connectivity index (χ1) is 16.9. The summed E-state index contributed by atoms with van der Waals surface area (Å²) < 4.78 is 5.86. The van der Waals surface area contributed by atoms with Crippen LogP contribution < -0.4 is 15.0 Å². The van der Waals surface area contributed by atoms with Gasteiger partial charge in [-0.05, 0) is 94.3 Å². The first kappa shape index (κ1) is 24.3. The molecule has 1 amide bonds. The van der Waals surface area contributed by atoms with Gasteiger partial charge in [-0.3, -0.25) is 4.79 Å². The Bertz CT molecular complexity index is 1310. The van der Waals surface area contributed by atoms with Crippen molar-refractivity contribution in [3.05, 3.63) is 71.8 Å². The molecular weight excluding hydrogens is 438 g/mol. The summed E-state index contributed by atoms with van der Waals surface area (Å²) in [6.07, 6.45) is 0.991. The number of hydrogen-bond acceptors (Lipinski definition) is 5. The van der Waals surface area contributed by atoms with Crippen LogP contribution in [0.4, 0.5) is 11.4 Å². The summed E-state index contributed by atoms with van der Waals surface area (Å²) in [4.78, 5) is 16.9. The van der Waals surface area contributed by atoms with Crippen LogP contribution in [0.5, 0.6) is 5.75 Å². The zero-order chi connectivity index (χ0) is 24.9. The number of hydrogen-bond donors (Lipinski definition) is 1. The standard InChI is InChI=1S/C28H33N5O2/c1-6-20(5)35-24-11-9-10-21(17-24)28(34)29-25-18-27-26(16-19(25)4)30-33(31-27)23-14-12-22(13-15-23)32(7-2)8-3/h9-18,20H,6-8H2,1-5H3,(H,29,34). The van der Waals surface area contributed by atoms with E-state index in [1.165, 1.54) is 5.69 Å². The summed E-state index contributed by atoms with van der Waals surface area (Å²) in [5, 5.41) is 12.3. The number of nitrogens with zero attached hydrogens (tertiary/aromatic N) is 4. The average Bonchev–Trinajstić information content (AvgIpc) is 3.28. The van der Waals surface area contributed by atoms with Crippen molar-refractivity contribution in [3.8, 4) is 11.4 Å². The summed E-state index contributed by atoms with van der Waals surface area (Å²) in [6, 6.07) is 19.3. The second-order valence-corrected chi connectivity index (χ2v) is 8.65. The van der Waals surface area contributed by atoms with E-state index in [0.29, 0.717) is 22.5 Å². The van der Waals surface area contributed by atoms with Gasteiger partial charge in [-0.15, -0.1) is 10.2 Å². The van der Waals surface area contributed by atoms with E-state index in [0.717, 1.165) is 36.3 Å². The molecule has 0 aliphatic heterocycles. The Morgan fingerprint density at radius 2 is 1.69 bits per heavy atom. The van der Waals surface area contributed by atoms with Crippen molar-refractivity contribution >= 4 is 28.3 Å². The Morgan fingerprint density at radius 3 is 2.34 bits per heavy atom. The van der Waals surface area contributed by atoms with Crippen molar-refractivity contribution in [3.63, 3.8) is 0 Å². The number of carbonyl (C=O) groups is 1. The third kappa shape index (κ3) is 5.45. The smallest absolute Gasteiger partial charge is 0.255 e. The van der Waals surface area contributed by atoms with Gasteiger partial charge in [0.15, 0.2) is 0 Å². The molecule has 0 saturated heterocycles. The van der Waals surface area contributed by atoms with E-state index < -0.39 is 0 Å². The SMILES string of the molecule is CCC(C)Oc1cccc(C(=O)Nc2cc3nn(-c4ccc(N(CC)CC)cc4)nc3cc2C)c1. The van der Waals surface area contributed by atoms with Crippen molar-refractivity contribution in [2.45, 2.75) is 47.1 Å². The van der Waals surface area contributed by atoms with E-state index >= 15 is 0 Å². The maximum atomic E-state index is 13.0. The summed E-state index contributed by atoms with van der Waals surface area (Å²) in [6.45, 7) is 12.3. The highest BCUT2D eigenvalue weighted by molar-refractivity contribution is 6.05. The second-order valence-electron chi connectivity index (χ2n) is 8.65. The lowest BCUT2D eigenvalue weighted by atomic mass is 10.1. The normalized spacial score (nSPS) is 11.9. The van der Waals surface area contributed by atoms with Gasteiger partial charge in [-0.2, -0.15) is 4.80 Å². The Morgan fingerprint density at radius 1 is 1.00 bits per heavy atom. The number of amides is 1. The monoisotopic (exact) mass is 471 g/mol. The summed E-state index contributed by atoms with van der Waals surface area (Å²) in [5.41, 5.74) is 5.72. The molecule has 3 aromatic carbocycles. The average molecular weight is 472 g/mol. The number of nitrogens with one attached hydrogen (secondary N) is 1.